The van der Waals surface area contributed by atoms with Crippen molar-refractivity contribution < 1.29 is 42.1 Å². The molecular weight excluding hydrogens is 1210 g/mol. The molecule has 0 aliphatic heterocycles. The summed E-state index contributed by atoms with van der Waals surface area (Å²) in [6, 6.07) is 0. The maximum absolute atomic E-state index is 12.9. The van der Waals surface area contributed by atoms with E-state index in [0.29, 0.717) is 17.4 Å². The van der Waals surface area contributed by atoms with Crippen LogP contribution in [0.15, 0.2) is 122 Å². The van der Waals surface area contributed by atoms with Gasteiger partial charge in [-0.05, 0) is 109 Å². The number of hydrogen-bond acceptors (Lipinski definition) is 8. The SMILES string of the molecule is CC/C=C\C/C=C\C/C=C\C/C=C\C/C=C\C/C=C\C/C=C\CCCCCCCCCCCC(=O)OC(COC(=O)CCCCCCCCCCCCCCCCCCCCCCCCCCCC/C=C\C/C=C\C/C=C\CCCCCCC)COP(=O)([O-])OCC[N+](C)(C)C. The number of rotatable bonds is 74. The number of likely N-dealkylation sites (N-methyl/N-ethyl adjacent to an activating group) is 1. The van der Waals surface area contributed by atoms with Crippen molar-refractivity contribution in [1.82, 2.24) is 0 Å². The summed E-state index contributed by atoms with van der Waals surface area (Å²) in [4.78, 5) is 38.2. The molecule has 0 rings (SSSR count). The number of carbonyl (C=O) groups excluding carboxylic acids is 2. The van der Waals surface area contributed by atoms with Crippen molar-refractivity contribution in [3.8, 4) is 0 Å². The van der Waals surface area contributed by atoms with Gasteiger partial charge in [0.1, 0.15) is 19.8 Å². The van der Waals surface area contributed by atoms with Crippen LogP contribution in [0.5, 0.6) is 0 Å². The number of nitrogens with zero attached hydrogens (tertiary/aromatic N) is 1. The molecule has 0 bridgehead atoms. The molecule has 0 amide bonds. The number of allylic oxidation sites excluding steroid dienone is 20. The van der Waals surface area contributed by atoms with Crippen LogP contribution in [0.2, 0.25) is 0 Å². The van der Waals surface area contributed by atoms with Crippen LogP contribution in [-0.2, 0) is 32.7 Å². The van der Waals surface area contributed by atoms with Crippen molar-refractivity contribution in [3.05, 3.63) is 122 Å². The molecule has 0 aromatic heterocycles. The monoisotopic (exact) mass is 1360 g/mol. The molecular formula is C86H152NO8P. The topological polar surface area (TPSA) is 111 Å². The van der Waals surface area contributed by atoms with E-state index in [1.165, 1.54) is 225 Å². The Labute approximate surface area is 594 Å². The van der Waals surface area contributed by atoms with E-state index in [1.807, 2.05) is 21.1 Å². The van der Waals surface area contributed by atoms with Crippen LogP contribution in [0.3, 0.4) is 0 Å². The van der Waals surface area contributed by atoms with E-state index < -0.39 is 26.5 Å². The van der Waals surface area contributed by atoms with Gasteiger partial charge in [0, 0.05) is 12.8 Å². The van der Waals surface area contributed by atoms with E-state index in [9.17, 15) is 19.0 Å². The number of quaternary nitrogens is 1. The summed E-state index contributed by atoms with van der Waals surface area (Å²) in [5, 5.41) is 0. The van der Waals surface area contributed by atoms with Gasteiger partial charge < -0.3 is 27.9 Å². The lowest BCUT2D eigenvalue weighted by Gasteiger charge is -2.28. The number of carbonyl (C=O) groups is 2. The molecule has 2 atom stereocenters. The van der Waals surface area contributed by atoms with E-state index in [4.69, 9.17) is 18.5 Å². The van der Waals surface area contributed by atoms with Crippen LogP contribution in [-0.4, -0.2) is 70.0 Å². The molecule has 96 heavy (non-hydrogen) atoms. The zero-order valence-electron chi connectivity index (χ0n) is 63.3. The molecule has 554 valence electrons. The smallest absolute Gasteiger partial charge is 0.306 e. The normalized spacial score (nSPS) is 13.7. The molecule has 10 heteroatoms. The molecule has 0 saturated carbocycles. The van der Waals surface area contributed by atoms with Crippen LogP contribution in [0.1, 0.15) is 361 Å². The summed E-state index contributed by atoms with van der Waals surface area (Å²) >= 11 is 0. The van der Waals surface area contributed by atoms with Gasteiger partial charge in [0.2, 0.25) is 0 Å². The van der Waals surface area contributed by atoms with Crippen molar-refractivity contribution in [3.63, 3.8) is 0 Å². The highest BCUT2D eigenvalue weighted by molar-refractivity contribution is 7.45. The summed E-state index contributed by atoms with van der Waals surface area (Å²) in [6.07, 6.45) is 109. The van der Waals surface area contributed by atoms with Gasteiger partial charge in [-0.15, -0.1) is 0 Å². The quantitative estimate of drug-likeness (QED) is 0.0195. The number of ether oxygens (including phenoxy) is 2. The van der Waals surface area contributed by atoms with E-state index in [1.54, 1.807) is 0 Å². The second-order valence-corrected chi connectivity index (χ2v) is 29.5. The molecule has 0 saturated heterocycles. The lowest BCUT2D eigenvalue weighted by molar-refractivity contribution is -0.870. The number of unbranched alkanes of at least 4 members (excludes halogenated alkanes) is 40. The Bertz CT molecular complexity index is 2040. The first-order valence-corrected chi connectivity index (χ1v) is 41.7. The Kier molecular flexibility index (Phi) is 72.8. The lowest BCUT2D eigenvalue weighted by Crippen LogP contribution is -2.37. The molecule has 0 aliphatic rings. The largest absolute Gasteiger partial charge is 0.756 e. The maximum atomic E-state index is 12.9. The third-order valence-electron chi connectivity index (χ3n) is 17.5. The van der Waals surface area contributed by atoms with E-state index in [-0.39, 0.29) is 32.0 Å². The molecule has 0 radical (unpaired) electrons. The first-order valence-electron chi connectivity index (χ1n) is 40.2. The predicted octanol–water partition coefficient (Wildman–Crippen LogP) is 26.3. The van der Waals surface area contributed by atoms with Gasteiger partial charge in [0.25, 0.3) is 7.82 Å². The zero-order valence-corrected chi connectivity index (χ0v) is 64.2. The van der Waals surface area contributed by atoms with Gasteiger partial charge in [-0.2, -0.15) is 0 Å². The third-order valence-corrected chi connectivity index (χ3v) is 18.4. The fourth-order valence-corrected chi connectivity index (χ4v) is 12.1. The Morgan fingerprint density at radius 3 is 0.885 bits per heavy atom. The fraction of sp³-hybridized carbons (Fsp3) is 0.744. The number of phosphoric ester groups is 1. The number of phosphoric acid groups is 1. The van der Waals surface area contributed by atoms with Crippen LogP contribution < -0.4 is 4.89 Å². The van der Waals surface area contributed by atoms with E-state index >= 15 is 0 Å². The maximum Gasteiger partial charge on any atom is 0.306 e. The Morgan fingerprint density at radius 1 is 0.333 bits per heavy atom. The van der Waals surface area contributed by atoms with Gasteiger partial charge >= 0.3 is 11.9 Å². The van der Waals surface area contributed by atoms with Gasteiger partial charge in [-0.3, -0.25) is 14.2 Å². The van der Waals surface area contributed by atoms with Crippen molar-refractivity contribution in [2.45, 2.75) is 367 Å². The molecule has 0 fully saturated rings. The second kappa shape index (κ2) is 75.6. The van der Waals surface area contributed by atoms with Crippen molar-refractivity contribution in [1.29, 1.82) is 0 Å². The molecule has 9 nitrogen and oxygen atoms in total. The standard InChI is InChI=1S/C86H152NO8P/c1-6-8-10-12-14-16-18-20-22-24-26-28-30-32-34-36-38-39-40-41-42-43-44-45-46-47-49-50-52-54-56-58-60-62-64-66-68-70-72-74-76-78-85(88)92-82-84(83-94-96(90,91)93-81-80-87(3,4)5)95-86(89)79-77-75-73-71-69-67-65-63-61-59-57-55-53-51-48-37-35-33-31-29-27-25-23-21-19-17-15-13-11-9-7-2/h9,11,15,17-18,20-21,23-24,26-27,29-30,32-33,35,48,51,55,57,84H,6-8,10,12-14,16,19,22,25,28,31,34,36-47,49-50,52-54,56,58-83H2,1-5H3/b11-9-,17-15-,20-18-,23-21-,26-24-,29-27-,32-30-,35-33-,51-48-,57-55-. The zero-order chi connectivity index (χ0) is 69.7. The summed E-state index contributed by atoms with van der Waals surface area (Å²) in [5.74, 6) is -0.832. The number of hydrogen-bond donors (Lipinski definition) is 0. The summed E-state index contributed by atoms with van der Waals surface area (Å²) in [7, 11) is 1.16. The fourth-order valence-electron chi connectivity index (χ4n) is 11.4. The second-order valence-electron chi connectivity index (χ2n) is 28.0. The highest BCUT2D eigenvalue weighted by atomic mass is 31.2. The predicted molar refractivity (Wildman–Crippen MR) is 415 cm³/mol. The molecule has 0 spiro atoms. The molecule has 0 aromatic carbocycles. The van der Waals surface area contributed by atoms with Gasteiger partial charge in [0.05, 0.1) is 27.7 Å². The minimum Gasteiger partial charge on any atom is -0.756 e. The number of esters is 2. The Morgan fingerprint density at radius 2 is 0.594 bits per heavy atom. The molecule has 2 unspecified atom stereocenters. The van der Waals surface area contributed by atoms with Crippen molar-refractivity contribution in [2.75, 3.05) is 47.5 Å². The Balaban J connectivity index is 3.95. The third kappa shape index (κ3) is 79.4. The molecule has 0 aromatic rings. The van der Waals surface area contributed by atoms with Crippen LogP contribution in [0, 0.1) is 0 Å². The summed E-state index contributed by atoms with van der Waals surface area (Å²) in [6.45, 7) is 4.14. The highest BCUT2D eigenvalue weighted by Gasteiger charge is 2.22. The lowest BCUT2D eigenvalue weighted by atomic mass is 10.0. The average molecular weight is 1360 g/mol. The molecule has 0 N–H and O–H groups in total. The van der Waals surface area contributed by atoms with Gasteiger partial charge in [0.15, 0.2) is 6.10 Å². The first-order chi connectivity index (χ1) is 47.0. The minimum atomic E-state index is -4.65. The summed E-state index contributed by atoms with van der Waals surface area (Å²) < 4.78 is 34.4. The molecule has 0 heterocycles. The first kappa shape index (κ1) is 92.4. The van der Waals surface area contributed by atoms with Gasteiger partial charge in [-0.25, -0.2) is 0 Å². The van der Waals surface area contributed by atoms with Gasteiger partial charge in [-0.1, -0.05) is 360 Å². The van der Waals surface area contributed by atoms with Crippen LogP contribution >= 0.6 is 7.82 Å². The van der Waals surface area contributed by atoms with E-state index in [2.05, 4.69) is 135 Å². The molecule has 0 aliphatic carbocycles. The van der Waals surface area contributed by atoms with E-state index in [0.717, 1.165) is 103 Å². The Hall–Kier alpha value is -3.59. The summed E-state index contributed by atoms with van der Waals surface area (Å²) in [5.41, 5.74) is 0. The van der Waals surface area contributed by atoms with Crippen LogP contribution in [0.4, 0.5) is 0 Å². The highest BCUT2D eigenvalue weighted by Crippen LogP contribution is 2.38. The minimum absolute atomic E-state index is 0.0355. The van der Waals surface area contributed by atoms with Crippen molar-refractivity contribution in [2.24, 2.45) is 0 Å². The average Bonchev–Trinajstić information content (AvgIpc) is 1.97. The van der Waals surface area contributed by atoms with Crippen LogP contribution in [0.25, 0.3) is 0 Å². The van der Waals surface area contributed by atoms with Crippen molar-refractivity contribution >= 4 is 19.8 Å².